The Labute approximate surface area is 184 Å². The molecule has 2 aliphatic heterocycles. The second-order valence-electron chi connectivity index (χ2n) is 8.19. The van der Waals surface area contributed by atoms with Crippen LogP contribution in [0.5, 0.6) is 0 Å². The summed E-state index contributed by atoms with van der Waals surface area (Å²) < 4.78 is 0. The number of rotatable bonds is 6. The maximum Gasteiger partial charge on any atom is 0.325 e. The van der Waals surface area contributed by atoms with E-state index in [-0.39, 0.29) is 18.5 Å². The number of hydrogen-bond acceptors (Lipinski definition) is 3. The molecule has 3 amide bonds. The minimum absolute atomic E-state index is 0.0404. The van der Waals surface area contributed by atoms with Crippen molar-refractivity contribution in [2.45, 2.75) is 6.92 Å². The highest BCUT2D eigenvalue weighted by molar-refractivity contribution is 5.96. The molecule has 0 atom stereocenters. The average molecular weight is 419 g/mol. The Hall–Kier alpha value is -3.12. The fourth-order valence-corrected chi connectivity index (χ4v) is 4.04. The van der Waals surface area contributed by atoms with Crippen molar-refractivity contribution in [3.05, 3.63) is 71.8 Å². The molecule has 31 heavy (non-hydrogen) atoms. The van der Waals surface area contributed by atoms with Gasteiger partial charge in [0.25, 0.3) is 0 Å². The highest BCUT2D eigenvalue weighted by atomic mass is 16.2. The van der Waals surface area contributed by atoms with Gasteiger partial charge in [-0.25, -0.2) is 4.79 Å². The van der Waals surface area contributed by atoms with Crippen LogP contribution in [0.4, 0.5) is 10.5 Å². The lowest BCUT2D eigenvalue weighted by atomic mass is 10.2. The molecule has 0 radical (unpaired) electrons. The number of aryl methyl sites for hydroxylation is 1. The lowest BCUT2D eigenvalue weighted by Crippen LogP contribution is -2.51. The van der Waals surface area contributed by atoms with Crippen LogP contribution in [-0.4, -0.2) is 79.0 Å². The van der Waals surface area contributed by atoms with Crippen molar-refractivity contribution in [1.29, 1.82) is 0 Å². The Morgan fingerprint density at radius 1 is 0.903 bits per heavy atom. The summed E-state index contributed by atoms with van der Waals surface area (Å²) >= 11 is 0. The van der Waals surface area contributed by atoms with Crippen molar-refractivity contribution in [3.8, 4) is 0 Å². The maximum atomic E-state index is 12.8. The van der Waals surface area contributed by atoms with E-state index in [1.54, 1.807) is 9.80 Å². The van der Waals surface area contributed by atoms with E-state index in [9.17, 15) is 9.59 Å². The molecule has 0 bridgehead atoms. The number of urea groups is 1. The predicted octanol–water partition coefficient (Wildman–Crippen LogP) is 3.09. The first-order valence-electron chi connectivity index (χ1n) is 10.9. The van der Waals surface area contributed by atoms with E-state index >= 15 is 0 Å². The summed E-state index contributed by atoms with van der Waals surface area (Å²) in [5.41, 5.74) is 3.26. The van der Waals surface area contributed by atoms with Gasteiger partial charge in [0, 0.05) is 51.5 Å². The topological polar surface area (TPSA) is 47.1 Å². The molecule has 0 aliphatic carbocycles. The molecule has 2 saturated heterocycles. The zero-order valence-electron chi connectivity index (χ0n) is 18.1. The number of carbonyl (C=O) groups excluding carboxylic acids is 2. The van der Waals surface area contributed by atoms with Gasteiger partial charge < -0.3 is 9.80 Å². The molecule has 0 saturated carbocycles. The van der Waals surface area contributed by atoms with Crippen molar-refractivity contribution in [3.63, 3.8) is 0 Å². The maximum absolute atomic E-state index is 12.8. The van der Waals surface area contributed by atoms with Crippen molar-refractivity contribution in [1.82, 2.24) is 14.7 Å². The molecule has 0 aromatic heterocycles. The molecule has 4 rings (SSSR count). The van der Waals surface area contributed by atoms with Gasteiger partial charge in [-0.2, -0.15) is 0 Å². The molecule has 2 heterocycles. The Kier molecular flexibility index (Phi) is 6.67. The first-order valence-corrected chi connectivity index (χ1v) is 10.9. The Balaban J connectivity index is 1.22. The summed E-state index contributed by atoms with van der Waals surface area (Å²) in [5, 5.41) is 0. The lowest BCUT2D eigenvalue weighted by Gasteiger charge is -2.35. The Morgan fingerprint density at radius 3 is 2.32 bits per heavy atom. The molecule has 2 aliphatic rings. The summed E-state index contributed by atoms with van der Waals surface area (Å²) in [7, 11) is 0. The number of amides is 3. The summed E-state index contributed by atoms with van der Waals surface area (Å²) in [6, 6.07) is 18.1. The van der Waals surface area contributed by atoms with Gasteiger partial charge in [-0.15, -0.1) is 0 Å². The zero-order valence-corrected chi connectivity index (χ0v) is 18.1. The quantitative estimate of drug-likeness (QED) is 0.724. The Morgan fingerprint density at radius 2 is 1.61 bits per heavy atom. The molecule has 6 heteroatoms. The molecular weight excluding hydrogens is 388 g/mol. The molecule has 2 fully saturated rings. The van der Waals surface area contributed by atoms with Crippen molar-refractivity contribution in [2.75, 3.05) is 57.3 Å². The van der Waals surface area contributed by atoms with Gasteiger partial charge in [-0.1, -0.05) is 60.2 Å². The van der Waals surface area contributed by atoms with Crippen LogP contribution >= 0.6 is 0 Å². The fourth-order valence-electron chi connectivity index (χ4n) is 4.04. The zero-order chi connectivity index (χ0) is 21.6. The standard InChI is InChI=1S/C25H30N4O2/c1-21-9-11-23(12-10-21)29-19-18-28(25(29)31)20-24(30)27-16-14-26(15-17-27)13-5-8-22-6-3-2-4-7-22/h2-12H,13-20H2,1H3/b8-5+. The summed E-state index contributed by atoms with van der Waals surface area (Å²) in [6.07, 6.45) is 4.31. The summed E-state index contributed by atoms with van der Waals surface area (Å²) in [6.45, 7) is 7.41. The van der Waals surface area contributed by atoms with Crippen LogP contribution in [0.1, 0.15) is 11.1 Å². The number of nitrogens with zero attached hydrogens (tertiary/aromatic N) is 4. The smallest absolute Gasteiger partial charge is 0.325 e. The summed E-state index contributed by atoms with van der Waals surface area (Å²) in [5.74, 6) is 0.0404. The molecule has 162 valence electrons. The number of benzene rings is 2. The van der Waals surface area contributed by atoms with Gasteiger partial charge in [0.1, 0.15) is 6.54 Å². The van der Waals surface area contributed by atoms with E-state index in [1.807, 2.05) is 54.3 Å². The monoisotopic (exact) mass is 418 g/mol. The molecule has 2 aromatic rings. The van der Waals surface area contributed by atoms with E-state index < -0.39 is 0 Å². The number of anilines is 1. The van der Waals surface area contributed by atoms with Crippen LogP contribution < -0.4 is 4.90 Å². The van der Waals surface area contributed by atoms with Crippen LogP contribution in [0.25, 0.3) is 6.08 Å². The SMILES string of the molecule is Cc1ccc(N2CCN(CC(=O)N3CCN(C/C=C/c4ccccc4)CC3)C2=O)cc1. The number of hydrogen-bond donors (Lipinski definition) is 0. The van der Waals surface area contributed by atoms with Crippen LogP contribution in [0.3, 0.4) is 0 Å². The Bertz CT molecular complexity index is 918. The lowest BCUT2D eigenvalue weighted by molar-refractivity contribution is -0.133. The van der Waals surface area contributed by atoms with Gasteiger partial charge >= 0.3 is 6.03 Å². The molecular formula is C25H30N4O2. The second kappa shape index (κ2) is 9.79. The molecule has 0 unspecified atom stereocenters. The highest BCUT2D eigenvalue weighted by Gasteiger charge is 2.32. The van der Waals surface area contributed by atoms with E-state index in [2.05, 4.69) is 29.2 Å². The van der Waals surface area contributed by atoms with Gasteiger partial charge in [0.05, 0.1) is 0 Å². The van der Waals surface area contributed by atoms with Gasteiger partial charge in [-0.05, 0) is 24.6 Å². The largest absolute Gasteiger partial charge is 0.339 e. The number of carbonyl (C=O) groups is 2. The van der Waals surface area contributed by atoms with Crippen LogP contribution in [0, 0.1) is 6.92 Å². The summed E-state index contributed by atoms with van der Waals surface area (Å²) in [4.78, 5) is 33.2. The van der Waals surface area contributed by atoms with Crippen molar-refractivity contribution < 1.29 is 9.59 Å². The van der Waals surface area contributed by atoms with E-state index in [0.29, 0.717) is 26.2 Å². The number of piperazine rings is 1. The fraction of sp³-hybridized carbons (Fsp3) is 0.360. The van der Waals surface area contributed by atoms with Gasteiger partial charge in [-0.3, -0.25) is 14.6 Å². The van der Waals surface area contributed by atoms with Crippen LogP contribution in [0.15, 0.2) is 60.7 Å². The van der Waals surface area contributed by atoms with E-state index in [4.69, 9.17) is 0 Å². The minimum Gasteiger partial charge on any atom is -0.339 e. The predicted molar refractivity (Wildman–Crippen MR) is 124 cm³/mol. The van der Waals surface area contributed by atoms with Crippen LogP contribution in [0.2, 0.25) is 0 Å². The van der Waals surface area contributed by atoms with E-state index in [0.717, 1.165) is 30.9 Å². The van der Waals surface area contributed by atoms with Crippen molar-refractivity contribution >= 4 is 23.7 Å². The molecule has 6 nitrogen and oxygen atoms in total. The molecule has 0 N–H and O–H groups in total. The first-order chi connectivity index (χ1) is 15.1. The normalized spacial score (nSPS) is 17.7. The molecule has 2 aromatic carbocycles. The average Bonchev–Trinajstić information content (AvgIpc) is 3.15. The third-order valence-electron chi connectivity index (χ3n) is 5.97. The third-order valence-corrected chi connectivity index (χ3v) is 5.97. The second-order valence-corrected chi connectivity index (χ2v) is 8.19. The highest BCUT2D eigenvalue weighted by Crippen LogP contribution is 2.21. The first kappa shape index (κ1) is 21.1. The van der Waals surface area contributed by atoms with Crippen LogP contribution in [-0.2, 0) is 4.79 Å². The third kappa shape index (κ3) is 5.33. The van der Waals surface area contributed by atoms with Gasteiger partial charge in [0.2, 0.25) is 5.91 Å². The molecule has 0 spiro atoms. The van der Waals surface area contributed by atoms with E-state index in [1.165, 1.54) is 5.56 Å². The van der Waals surface area contributed by atoms with Crippen molar-refractivity contribution in [2.24, 2.45) is 0 Å². The minimum atomic E-state index is -0.0816. The van der Waals surface area contributed by atoms with Gasteiger partial charge in [0.15, 0.2) is 0 Å².